The third-order valence-corrected chi connectivity index (χ3v) is 6.46. The summed E-state index contributed by atoms with van der Waals surface area (Å²) in [5.74, 6) is -0.313. The Morgan fingerprint density at radius 3 is 2.59 bits per heavy atom. The molecular weight excluding hydrogens is 366 g/mol. The first-order valence-electron chi connectivity index (χ1n) is 8.94. The molecule has 3 rings (SSSR count). The van der Waals surface area contributed by atoms with Crippen LogP contribution in [0, 0.1) is 5.92 Å². The molecule has 146 valence electrons. The number of hydrogen-bond acceptors (Lipinski definition) is 5. The zero-order chi connectivity index (χ0) is 19.6. The number of carbonyl (C=O) groups is 1. The Morgan fingerprint density at radius 2 is 2.00 bits per heavy atom. The summed E-state index contributed by atoms with van der Waals surface area (Å²) in [5, 5.41) is 4.10. The molecule has 0 bridgehead atoms. The van der Waals surface area contributed by atoms with Gasteiger partial charge in [-0.25, -0.2) is 22.4 Å². The molecule has 0 saturated carbocycles. The molecule has 1 aromatic carbocycles. The first kappa shape index (κ1) is 19.5. The fourth-order valence-electron chi connectivity index (χ4n) is 3.39. The average Bonchev–Trinajstić information content (AvgIpc) is 3.20. The summed E-state index contributed by atoms with van der Waals surface area (Å²) >= 11 is 0. The topological polar surface area (TPSA) is 88.4 Å². The maximum absolute atomic E-state index is 12.9. The molecule has 1 saturated heterocycles. The number of hydrogen-bond donors (Lipinski definition) is 0. The van der Waals surface area contributed by atoms with Gasteiger partial charge in [0.25, 0.3) is 0 Å². The van der Waals surface area contributed by atoms with Gasteiger partial charge in [-0.3, -0.25) is 4.79 Å². The van der Waals surface area contributed by atoms with Crippen LogP contribution in [0.5, 0.6) is 0 Å². The molecule has 2 unspecified atom stereocenters. The van der Waals surface area contributed by atoms with Gasteiger partial charge in [0.05, 0.1) is 23.9 Å². The molecule has 0 N–H and O–H groups in total. The SMILES string of the molecule is CC(c1ccc(-n2cncn2)cc1)N(C)C(=O)C1CCCN(S(C)(=O)=O)C1. The van der Waals surface area contributed by atoms with Crippen LogP contribution < -0.4 is 0 Å². The Hall–Kier alpha value is -2.26. The van der Waals surface area contributed by atoms with Gasteiger partial charge in [0.15, 0.2) is 0 Å². The smallest absolute Gasteiger partial charge is 0.227 e. The molecule has 27 heavy (non-hydrogen) atoms. The van der Waals surface area contributed by atoms with E-state index in [9.17, 15) is 13.2 Å². The number of amides is 1. The predicted octanol–water partition coefficient (Wildman–Crippen LogP) is 1.46. The molecular formula is C18H25N5O3S. The van der Waals surface area contributed by atoms with Gasteiger partial charge in [-0.05, 0) is 37.5 Å². The van der Waals surface area contributed by atoms with Crippen molar-refractivity contribution in [2.75, 3.05) is 26.4 Å². The van der Waals surface area contributed by atoms with Crippen molar-refractivity contribution in [2.24, 2.45) is 5.92 Å². The Morgan fingerprint density at radius 1 is 1.30 bits per heavy atom. The van der Waals surface area contributed by atoms with E-state index in [1.165, 1.54) is 16.9 Å². The minimum atomic E-state index is -3.27. The highest BCUT2D eigenvalue weighted by Crippen LogP contribution is 2.26. The minimum absolute atomic E-state index is 0.0174. The number of piperidine rings is 1. The number of nitrogens with zero attached hydrogens (tertiary/aromatic N) is 5. The summed E-state index contributed by atoms with van der Waals surface area (Å²) < 4.78 is 26.7. The summed E-state index contributed by atoms with van der Waals surface area (Å²) in [4.78, 5) is 18.6. The van der Waals surface area contributed by atoms with E-state index < -0.39 is 10.0 Å². The summed E-state index contributed by atoms with van der Waals surface area (Å²) in [6, 6.07) is 7.69. The van der Waals surface area contributed by atoms with Crippen LogP contribution in [0.3, 0.4) is 0 Å². The van der Waals surface area contributed by atoms with Gasteiger partial charge in [-0.1, -0.05) is 12.1 Å². The standard InChI is InChI=1S/C18H25N5O3S/c1-14(15-6-8-17(9-7-15)23-13-19-12-20-23)21(2)18(24)16-5-4-10-22(11-16)27(3,25)26/h6-9,12-14,16H,4-5,10-11H2,1-3H3. The van der Waals surface area contributed by atoms with Crippen LogP contribution in [0.15, 0.2) is 36.9 Å². The van der Waals surface area contributed by atoms with Crippen molar-refractivity contribution in [2.45, 2.75) is 25.8 Å². The van der Waals surface area contributed by atoms with Crippen molar-refractivity contribution in [1.82, 2.24) is 24.0 Å². The van der Waals surface area contributed by atoms with Crippen molar-refractivity contribution >= 4 is 15.9 Å². The molecule has 2 aromatic rings. The van der Waals surface area contributed by atoms with E-state index in [-0.39, 0.29) is 24.4 Å². The number of aromatic nitrogens is 3. The van der Waals surface area contributed by atoms with E-state index in [0.717, 1.165) is 11.3 Å². The van der Waals surface area contributed by atoms with E-state index in [0.29, 0.717) is 19.4 Å². The molecule has 9 heteroatoms. The van der Waals surface area contributed by atoms with Gasteiger partial charge in [0, 0.05) is 20.1 Å². The van der Waals surface area contributed by atoms with Crippen LogP contribution in [-0.4, -0.2) is 64.7 Å². The quantitative estimate of drug-likeness (QED) is 0.770. The van der Waals surface area contributed by atoms with Gasteiger partial charge in [0.1, 0.15) is 12.7 Å². The molecule has 1 aliphatic heterocycles. The fraction of sp³-hybridized carbons (Fsp3) is 0.500. The van der Waals surface area contributed by atoms with E-state index >= 15 is 0 Å². The lowest BCUT2D eigenvalue weighted by Crippen LogP contribution is -2.46. The summed E-state index contributed by atoms with van der Waals surface area (Å²) in [5.41, 5.74) is 1.90. The van der Waals surface area contributed by atoms with Crippen molar-refractivity contribution in [3.05, 3.63) is 42.5 Å². The highest BCUT2D eigenvalue weighted by molar-refractivity contribution is 7.88. The van der Waals surface area contributed by atoms with E-state index in [1.807, 2.05) is 31.2 Å². The Kier molecular flexibility index (Phi) is 5.61. The molecule has 2 heterocycles. The largest absolute Gasteiger partial charge is 0.339 e. The molecule has 1 aliphatic rings. The Balaban J connectivity index is 1.69. The lowest BCUT2D eigenvalue weighted by atomic mass is 9.96. The number of rotatable bonds is 5. The third kappa shape index (κ3) is 4.36. The van der Waals surface area contributed by atoms with Crippen molar-refractivity contribution in [3.8, 4) is 5.69 Å². The Labute approximate surface area is 159 Å². The minimum Gasteiger partial charge on any atom is -0.339 e. The van der Waals surface area contributed by atoms with Crippen LogP contribution in [-0.2, 0) is 14.8 Å². The molecule has 2 atom stereocenters. The fourth-order valence-corrected chi connectivity index (χ4v) is 4.31. The van der Waals surface area contributed by atoms with E-state index in [1.54, 1.807) is 23.0 Å². The van der Waals surface area contributed by atoms with Crippen molar-refractivity contribution in [3.63, 3.8) is 0 Å². The van der Waals surface area contributed by atoms with Crippen molar-refractivity contribution < 1.29 is 13.2 Å². The maximum Gasteiger partial charge on any atom is 0.227 e. The third-order valence-electron chi connectivity index (χ3n) is 5.19. The number of sulfonamides is 1. The molecule has 0 aliphatic carbocycles. The van der Waals surface area contributed by atoms with Crippen LogP contribution in [0.25, 0.3) is 5.69 Å². The normalized spacial score (nSPS) is 19.6. The highest BCUT2D eigenvalue weighted by atomic mass is 32.2. The van der Waals surface area contributed by atoms with Gasteiger partial charge in [-0.15, -0.1) is 0 Å². The molecule has 1 aromatic heterocycles. The average molecular weight is 391 g/mol. The van der Waals surface area contributed by atoms with Crippen LogP contribution in [0.4, 0.5) is 0 Å². The molecule has 1 fully saturated rings. The second kappa shape index (κ2) is 7.77. The predicted molar refractivity (Wildman–Crippen MR) is 102 cm³/mol. The zero-order valence-corrected chi connectivity index (χ0v) is 16.6. The first-order valence-corrected chi connectivity index (χ1v) is 10.8. The molecule has 8 nitrogen and oxygen atoms in total. The molecule has 1 amide bonds. The van der Waals surface area contributed by atoms with Crippen LogP contribution in [0.1, 0.15) is 31.4 Å². The first-order chi connectivity index (χ1) is 12.8. The maximum atomic E-state index is 12.9. The van der Waals surface area contributed by atoms with Gasteiger partial charge < -0.3 is 4.90 Å². The van der Waals surface area contributed by atoms with Gasteiger partial charge >= 0.3 is 0 Å². The van der Waals surface area contributed by atoms with Crippen molar-refractivity contribution in [1.29, 1.82) is 0 Å². The van der Waals surface area contributed by atoms with E-state index in [2.05, 4.69) is 10.1 Å². The monoisotopic (exact) mass is 391 g/mol. The second-order valence-corrected chi connectivity index (χ2v) is 9.00. The Bertz CT molecular complexity index is 880. The summed E-state index contributed by atoms with van der Waals surface area (Å²) in [6.45, 7) is 2.73. The van der Waals surface area contributed by atoms with E-state index in [4.69, 9.17) is 0 Å². The van der Waals surface area contributed by atoms with Gasteiger partial charge in [0.2, 0.25) is 15.9 Å². The van der Waals surface area contributed by atoms with Crippen LogP contribution >= 0.6 is 0 Å². The van der Waals surface area contributed by atoms with Gasteiger partial charge in [-0.2, -0.15) is 5.10 Å². The molecule has 0 radical (unpaired) electrons. The number of benzene rings is 1. The zero-order valence-electron chi connectivity index (χ0n) is 15.8. The van der Waals surface area contributed by atoms with Crippen LogP contribution in [0.2, 0.25) is 0 Å². The highest BCUT2D eigenvalue weighted by Gasteiger charge is 2.33. The summed E-state index contributed by atoms with van der Waals surface area (Å²) in [6.07, 6.45) is 5.73. The number of carbonyl (C=O) groups excluding carboxylic acids is 1. The molecule has 0 spiro atoms. The summed E-state index contributed by atoms with van der Waals surface area (Å²) in [7, 11) is -1.49. The second-order valence-electron chi connectivity index (χ2n) is 7.02. The lowest BCUT2D eigenvalue weighted by molar-refractivity contribution is -0.137. The lowest BCUT2D eigenvalue weighted by Gasteiger charge is -2.34.